The first kappa shape index (κ1) is 15.0. The Bertz CT molecular complexity index is 454. The van der Waals surface area contributed by atoms with Gasteiger partial charge in [0, 0.05) is 8.04 Å². The van der Waals surface area contributed by atoms with Crippen LogP contribution in [0.4, 0.5) is 0 Å². The third-order valence-corrected chi connectivity index (χ3v) is 4.70. The molecule has 1 unspecified atom stereocenters. The Balaban J connectivity index is 2.00. The molecule has 0 fully saturated rings. The van der Waals surface area contributed by atoms with Gasteiger partial charge in [0.25, 0.3) is 0 Å². The lowest BCUT2D eigenvalue weighted by atomic mass is 9.91. The fourth-order valence-corrected chi connectivity index (χ4v) is 2.89. The first-order valence-electron chi connectivity index (χ1n) is 6.66. The molecule has 100 valence electrons. The van der Waals surface area contributed by atoms with Crippen LogP contribution in [-0.4, -0.2) is 0 Å². The summed E-state index contributed by atoms with van der Waals surface area (Å²) in [5, 5.41) is 0. The summed E-state index contributed by atoms with van der Waals surface area (Å²) in [6.45, 7) is 2.29. The maximum Gasteiger partial charge on any atom is 0.0175 e. The van der Waals surface area contributed by atoms with Crippen molar-refractivity contribution in [1.82, 2.24) is 0 Å². The van der Waals surface area contributed by atoms with Crippen molar-refractivity contribution in [3.8, 4) is 0 Å². The summed E-state index contributed by atoms with van der Waals surface area (Å²) in [7, 11) is 0. The van der Waals surface area contributed by atoms with Gasteiger partial charge in [-0.3, -0.25) is 0 Å². The topological polar surface area (TPSA) is 0 Å². The minimum atomic E-state index is 0.723. The third-order valence-electron chi connectivity index (χ3n) is 3.45. The first-order chi connectivity index (χ1) is 9.17. The van der Waals surface area contributed by atoms with Crippen LogP contribution < -0.4 is 0 Å². The summed E-state index contributed by atoms with van der Waals surface area (Å²) in [5.41, 5.74) is 2.88. The fraction of sp³-hybridized carbons (Fsp3) is 0.294. The molecule has 0 saturated heterocycles. The van der Waals surface area contributed by atoms with E-state index < -0.39 is 0 Å². The van der Waals surface area contributed by atoms with Gasteiger partial charge in [-0.25, -0.2) is 0 Å². The van der Waals surface area contributed by atoms with E-state index in [0.717, 1.165) is 16.8 Å². The first-order valence-corrected chi connectivity index (χ1v) is 8.53. The molecule has 2 aromatic carbocycles. The lowest BCUT2D eigenvalue weighted by Gasteiger charge is -2.15. The smallest absolute Gasteiger partial charge is 0.0175 e. The monoisotopic (exact) mass is 428 g/mol. The second-order valence-corrected chi connectivity index (χ2v) is 7.10. The van der Waals surface area contributed by atoms with Gasteiger partial charge in [-0.15, -0.1) is 0 Å². The van der Waals surface area contributed by atoms with Gasteiger partial charge >= 0.3 is 0 Å². The van der Waals surface area contributed by atoms with E-state index >= 15 is 0 Å². The van der Waals surface area contributed by atoms with Crippen LogP contribution in [0.1, 0.15) is 24.5 Å². The molecule has 0 aliphatic rings. The van der Waals surface area contributed by atoms with Crippen molar-refractivity contribution in [1.29, 1.82) is 0 Å². The van der Waals surface area contributed by atoms with Crippen molar-refractivity contribution in [3.05, 3.63) is 67.7 Å². The Hall–Kier alpha value is -0.350. The average molecular weight is 429 g/mol. The summed E-state index contributed by atoms with van der Waals surface area (Å²) in [5.74, 6) is 0.723. The zero-order valence-electron chi connectivity index (χ0n) is 11.1. The van der Waals surface area contributed by atoms with Crippen LogP contribution in [0.3, 0.4) is 0 Å². The molecular weight excluding hydrogens is 411 g/mol. The molecule has 0 saturated carbocycles. The second-order valence-electron chi connectivity index (χ2n) is 4.94. The SMILES string of the molecule is CCC(Cc1ccc(Br)cc1)Cc1ccc(I)cc1. The van der Waals surface area contributed by atoms with Gasteiger partial charge in [0.15, 0.2) is 0 Å². The van der Waals surface area contributed by atoms with Gasteiger partial charge < -0.3 is 0 Å². The largest absolute Gasteiger partial charge is 0.0651 e. The number of benzene rings is 2. The van der Waals surface area contributed by atoms with Crippen LogP contribution in [0.25, 0.3) is 0 Å². The molecule has 0 bridgehead atoms. The Morgan fingerprint density at radius 3 is 1.84 bits per heavy atom. The molecule has 0 spiro atoms. The van der Waals surface area contributed by atoms with Gasteiger partial charge in [0.2, 0.25) is 0 Å². The van der Waals surface area contributed by atoms with Crippen molar-refractivity contribution in [2.45, 2.75) is 26.2 Å². The van der Waals surface area contributed by atoms with Crippen LogP contribution in [0.15, 0.2) is 53.0 Å². The van der Waals surface area contributed by atoms with Crippen LogP contribution in [-0.2, 0) is 12.8 Å². The molecule has 19 heavy (non-hydrogen) atoms. The van der Waals surface area contributed by atoms with E-state index in [1.807, 2.05) is 0 Å². The number of hydrogen-bond donors (Lipinski definition) is 0. The van der Waals surface area contributed by atoms with Crippen molar-refractivity contribution >= 4 is 38.5 Å². The molecule has 0 aromatic heterocycles. The average Bonchev–Trinajstić information content (AvgIpc) is 2.43. The summed E-state index contributed by atoms with van der Waals surface area (Å²) in [4.78, 5) is 0. The lowest BCUT2D eigenvalue weighted by Crippen LogP contribution is -2.07. The van der Waals surface area contributed by atoms with Crippen LogP contribution in [0.5, 0.6) is 0 Å². The minimum Gasteiger partial charge on any atom is -0.0651 e. The number of hydrogen-bond acceptors (Lipinski definition) is 0. The van der Waals surface area contributed by atoms with E-state index in [-0.39, 0.29) is 0 Å². The third kappa shape index (κ3) is 4.92. The van der Waals surface area contributed by atoms with E-state index in [0.29, 0.717) is 0 Å². The molecule has 0 aliphatic carbocycles. The predicted molar refractivity (Wildman–Crippen MR) is 94.5 cm³/mol. The molecule has 1 atom stereocenters. The van der Waals surface area contributed by atoms with E-state index in [2.05, 4.69) is 94.0 Å². The van der Waals surface area contributed by atoms with Gasteiger partial charge in [0.1, 0.15) is 0 Å². The highest BCUT2D eigenvalue weighted by atomic mass is 127. The highest BCUT2D eigenvalue weighted by molar-refractivity contribution is 14.1. The molecule has 0 N–H and O–H groups in total. The van der Waals surface area contributed by atoms with Crippen LogP contribution in [0.2, 0.25) is 0 Å². The van der Waals surface area contributed by atoms with Crippen molar-refractivity contribution in [2.24, 2.45) is 5.92 Å². The van der Waals surface area contributed by atoms with Crippen LogP contribution >= 0.6 is 38.5 Å². The van der Waals surface area contributed by atoms with Crippen molar-refractivity contribution in [2.75, 3.05) is 0 Å². The highest BCUT2D eigenvalue weighted by Crippen LogP contribution is 2.20. The quantitative estimate of drug-likeness (QED) is 0.522. The van der Waals surface area contributed by atoms with Crippen molar-refractivity contribution in [3.63, 3.8) is 0 Å². The molecule has 2 heteroatoms. The Morgan fingerprint density at radius 2 is 1.37 bits per heavy atom. The standard InChI is InChI=1S/C17H18BrI/c1-2-13(11-14-3-7-16(18)8-4-14)12-15-5-9-17(19)10-6-15/h3-10,13H,2,11-12H2,1H3. The molecule has 0 radical (unpaired) electrons. The van der Waals surface area contributed by atoms with E-state index in [4.69, 9.17) is 0 Å². The van der Waals surface area contributed by atoms with Crippen molar-refractivity contribution < 1.29 is 0 Å². The summed E-state index contributed by atoms with van der Waals surface area (Å²) in [6, 6.07) is 17.6. The number of rotatable bonds is 5. The van der Waals surface area contributed by atoms with Crippen LogP contribution in [0, 0.1) is 9.49 Å². The van der Waals surface area contributed by atoms with Gasteiger partial charge in [-0.1, -0.05) is 53.5 Å². The molecular formula is C17H18BrI. The van der Waals surface area contributed by atoms with Gasteiger partial charge in [-0.05, 0) is 76.7 Å². The van der Waals surface area contributed by atoms with Gasteiger partial charge in [-0.2, -0.15) is 0 Å². The molecule has 2 rings (SSSR count). The lowest BCUT2D eigenvalue weighted by molar-refractivity contribution is 0.504. The summed E-state index contributed by atoms with van der Waals surface area (Å²) < 4.78 is 2.46. The van der Waals surface area contributed by atoms with E-state index in [1.54, 1.807) is 0 Å². The summed E-state index contributed by atoms with van der Waals surface area (Å²) >= 11 is 5.85. The Labute approximate surface area is 137 Å². The van der Waals surface area contributed by atoms with E-state index in [9.17, 15) is 0 Å². The zero-order valence-corrected chi connectivity index (χ0v) is 14.8. The minimum absolute atomic E-state index is 0.723. The molecule has 0 amide bonds. The van der Waals surface area contributed by atoms with E-state index in [1.165, 1.54) is 27.5 Å². The molecule has 2 aromatic rings. The second kappa shape index (κ2) is 7.44. The molecule has 0 nitrogen and oxygen atoms in total. The maximum absolute atomic E-state index is 3.49. The Kier molecular flexibility index (Phi) is 5.89. The Morgan fingerprint density at radius 1 is 0.895 bits per heavy atom. The number of halogens is 2. The normalized spacial score (nSPS) is 12.4. The molecule has 0 heterocycles. The highest BCUT2D eigenvalue weighted by Gasteiger charge is 2.08. The maximum atomic E-state index is 3.49. The molecule has 0 aliphatic heterocycles. The summed E-state index contributed by atoms with van der Waals surface area (Å²) in [6.07, 6.45) is 3.56. The predicted octanol–water partition coefficient (Wildman–Crippen LogP) is 5.87. The van der Waals surface area contributed by atoms with Gasteiger partial charge in [0.05, 0.1) is 0 Å². The fourth-order valence-electron chi connectivity index (χ4n) is 2.27. The zero-order chi connectivity index (χ0) is 13.7.